The van der Waals surface area contributed by atoms with E-state index < -0.39 is 0 Å². The standard InChI is InChI=1S/C16H21N3O/c1-17-15-13-6-5-12(7-14(13)18-16(15)20)19-8-10-3-2-4-11(10)9-19/h5-7,10-11,15,17H,2-4,8-9H2,1H3,(H,18,20). The molecule has 1 saturated heterocycles. The third-order valence-corrected chi connectivity index (χ3v) is 5.25. The molecule has 1 aromatic rings. The summed E-state index contributed by atoms with van der Waals surface area (Å²) >= 11 is 0. The van der Waals surface area contributed by atoms with E-state index in [1.807, 2.05) is 7.05 Å². The van der Waals surface area contributed by atoms with Crippen LogP contribution in [0.4, 0.5) is 11.4 Å². The lowest BCUT2D eigenvalue weighted by Crippen LogP contribution is -2.23. The Morgan fingerprint density at radius 3 is 2.70 bits per heavy atom. The molecule has 3 atom stereocenters. The third-order valence-electron chi connectivity index (χ3n) is 5.25. The Balaban J connectivity index is 1.60. The van der Waals surface area contributed by atoms with Crippen molar-refractivity contribution < 1.29 is 4.79 Å². The zero-order valence-electron chi connectivity index (χ0n) is 11.9. The van der Waals surface area contributed by atoms with Crippen molar-refractivity contribution >= 4 is 17.3 Å². The minimum absolute atomic E-state index is 0.0536. The molecule has 2 fully saturated rings. The lowest BCUT2D eigenvalue weighted by Gasteiger charge is -2.20. The molecule has 4 heteroatoms. The molecule has 0 radical (unpaired) electrons. The molecule has 1 saturated carbocycles. The van der Waals surface area contributed by atoms with E-state index in [4.69, 9.17) is 0 Å². The average Bonchev–Trinajstić information content (AvgIpc) is 3.08. The van der Waals surface area contributed by atoms with Crippen molar-refractivity contribution in [3.63, 3.8) is 0 Å². The van der Waals surface area contributed by atoms with Crippen molar-refractivity contribution in [1.29, 1.82) is 0 Å². The Morgan fingerprint density at radius 2 is 2.00 bits per heavy atom. The molecule has 3 unspecified atom stereocenters. The Labute approximate surface area is 119 Å². The number of likely N-dealkylation sites (N-methyl/N-ethyl adjacent to an activating group) is 1. The number of nitrogens with one attached hydrogen (secondary N) is 2. The fourth-order valence-corrected chi connectivity index (χ4v) is 4.18. The highest BCUT2D eigenvalue weighted by molar-refractivity contribution is 6.03. The summed E-state index contributed by atoms with van der Waals surface area (Å²) in [4.78, 5) is 14.4. The maximum atomic E-state index is 11.9. The van der Waals surface area contributed by atoms with Crippen molar-refractivity contribution in [2.75, 3.05) is 30.4 Å². The van der Waals surface area contributed by atoms with Crippen molar-refractivity contribution in [3.05, 3.63) is 23.8 Å². The van der Waals surface area contributed by atoms with Gasteiger partial charge in [-0.1, -0.05) is 12.5 Å². The summed E-state index contributed by atoms with van der Waals surface area (Å²) in [5.41, 5.74) is 3.31. The van der Waals surface area contributed by atoms with Crippen molar-refractivity contribution in [2.24, 2.45) is 11.8 Å². The largest absolute Gasteiger partial charge is 0.371 e. The molecule has 0 aromatic heterocycles. The van der Waals surface area contributed by atoms with Crippen LogP contribution in [0.2, 0.25) is 0 Å². The average molecular weight is 271 g/mol. The number of amides is 1. The van der Waals surface area contributed by atoms with Gasteiger partial charge in [0, 0.05) is 30.0 Å². The lowest BCUT2D eigenvalue weighted by molar-refractivity contribution is -0.117. The Morgan fingerprint density at radius 1 is 1.25 bits per heavy atom. The zero-order chi connectivity index (χ0) is 13.7. The van der Waals surface area contributed by atoms with Gasteiger partial charge in [-0.15, -0.1) is 0 Å². The van der Waals surface area contributed by atoms with Gasteiger partial charge >= 0.3 is 0 Å². The van der Waals surface area contributed by atoms with Gasteiger partial charge in [-0.25, -0.2) is 0 Å². The normalized spacial score (nSPS) is 31.4. The van der Waals surface area contributed by atoms with Crippen LogP contribution in [0.3, 0.4) is 0 Å². The summed E-state index contributed by atoms with van der Waals surface area (Å²) in [5, 5.41) is 6.05. The first kappa shape index (κ1) is 12.2. The van der Waals surface area contributed by atoms with Crippen LogP contribution in [-0.2, 0) is 4.79 Å². The minimum Gasteiger partial charge on any atom is -0.371 e. The lowest BCUT2D eigenvalue weighted by atomic mass is 10.0. The molecule has 20 heavy (non-hydrogen) atoms. The van der Waals surface area contributed by atoms with Gasteiger partial charge in [-0.2, -0.15) is 0 Å². The summed E-state index contributed by atoms with van der Waals surface area (Å²) in [6.45, 7) is 2.37. The van der Waals surface area contributed by atoms with Gasteiger partial charge in [0.15, 0.2) is 0 Å². The van der Waals surface area contributed by atoms with Gasteiger partial charge in [0.1, 0.15) is 6.04 Å². The monoisotopic (exact) mass is 271 g/mol. The number of anilines is 2. The fraction of sp³-hybridized carbons (Fsp3) is 0.562. The second kappa shape index (κ2) is 4.48. The van der Waals surface area contributed by atoms with E-state index in [0.29, 0.717) is 0 Å². The van der Waals surface area contributed by atoms with Crippen LogP contribution in [0.25, 0.3) is 0 Å². The first-order valence-corrected chi connectivity index (χ1v) is 7.63. The third kappa shape index (κ3) is 1.74. The van der Waals surface area contributed by atoms with Gasteiger partial charge in [0.2, 0.25) is 5.91 Å². The van der Waals surface area contributed by atoms with E-state index in [1.165, 1.54) is 38.0 Å². The molecule has 4 nitrogen and oxygen atoms in total. The molecular weight excluding hydrogens is 250 g/mol. The topological polar surface area (TPSA) is 44.4 Å². The summed E-state index contributed by atoms with van der Waals surface area (Å²) in [7, 11) is 1.83. The number of benzene rings is 1. The summed E-state index contributed by atoms with van der Waals surface area (Å²) in [5.74, 6) is 1.84. The maximum Gasteiger partial charge on any atom is 0.246 e. The molecule has 3 aliphatic rings. The van der Waals surface area contributed by atoms with E-state index in [1.54, 1.807) is 0 Å². The van der Waals surface area contributed by atoms with Gasteiger partial charge in [0.25, 0.3) is 0 Å². The minimum atomic E-state index is -0.197. The predicted molar refractivity (Wildman–Crippen MR) is 79.9 cm³/mol. The second-order valence-electron chi connectivity index (χ2n) is 6.34. The van der Waals surface area contributed by atoms with E-state index in [-0.39, 0.29) is 11.9 Å². The second-order valence-corrected chi connectivity index (χ2v) is 6.34. The van der Waals surface area contributed by atoms with Crippen molar-refractivity contribution in [2.45, 2.75) is 25.3 Å². The highest BCUT2D eigenvalue weighted by atomic mass is 16.2. The van der Waals surface area contributed by atoms with Crippen LogP contribution in [0.1, 0.15) is 30.9 Å². The Bertz CT molecular complexity index is 545. The highest BCUT2D eigenvalue weighted by Gasteiger charge is 2.37. The fourth-order valence-electron chi connectivity index (χ4n) is 4.18. The molecule has 2 N–H and O–H groups in total. The number of rotatable bonds is 2. The molecule has 2 aliphatic heterocycles. The van der Waals surface area contributed by atoms with Crippen LogP contribution in [-0.4, -0.2) is 26.0 Å². The molecule has 106 valence electrons. The summed E-state index contributed by atoms with van der Waals surface area (Å²) in [6.07, 6.45) is 4.20. The van der Waals surface area contributed by atoms with Gasteiger partial charge in [-0.3, -0.25) is 4.79 Å². The number of hydrogen-bond acceptors (Lipinski definition) is 3. The van der Waals surface area contributed by atoms with E-state index in [0.717, 1.165) is 23.1 Å². The first-order chi connectivity index (χ1) is 9.76. The van der Waals surface area contributed by atoms with E-state index in [9.17, 15) is 4.79 Å². The zero-order valence-corrected chi connectivity index (χ0v) is 11.9. The number of carbonyl (C=O) groups excluding carboxylic acids is 1. The van der Waals surface area contributed by atoms with Crippen LogP contribution in [0.5, 0.6) is 0 Å². The van der Waals surface area contributed by atoms with Crippen LogP contribution in [0.15, 0.2) is 18.2 Å². The highest BCUT2D eigenvalue weighted by Crippen LogP contribution is 2.41. The molecule has 0 spiro atoms. The number of nitrogens with zero attached hydrogens (tertiary/aromatic N) is 1. The molecule has 4 rings (SSSR count). The predicted octanol–water partition coefficient (Wildman–Crippen LogP) is 2.14. The van der Waals surface area contributed by atoms with E-state index in [2.05, 4.69) is 33.7 Å². The molecule has 0 bridgehead atoms. The molecular formula is C16H21N3O. The van der Waals surface area contributed by atoms with Gasteiger partial charge in [0.05, 0.1) is 0 Å². The van der Waals surface area contributed by atoms with Crippen LogP contribution < -0.4 is 15.5 Å². The Hall–Kier alpha value is -1.55. The SMILES string of the molecule is CNC1C(=O)Nc2cc(N3CC4CCCC4C3)ccc21. The van der Waals surface area contributed by atoms with Gasteiger partial charge in [-0.05, 0) is 43.9 Å². The van der Waals surface area contributed by atoms with Crippen molar-refractivity contribution in [1.82, 2.24) is 5.32 Å². The quantitative estimate of drug-likeness (QED) is 0.866. The maximum absolute atomic E-state index is 11.9. The first-order valence-electron chi connectivity index (χ1n) is 7.63. The number of hydrogen-bond donors (Lipinski definition) is 2. The van der Waals surface area contributed by atoms with E-state index >= 15 is 0 Å². The molecule has 1 amide bonds. The summed E-state index contributed by atoms with van der Waals surface area (Å²) < 4.78 is 0. The molecule has 1 aromatic carbocycles. The van der Waals surface area contributed by atoms with Crippen LogP contribution in [0, 0.1) is 11.8 Å². The smallest absolute Gasteiger partial charge is 0.246 e. The van der Waals surface area contributed by atoms with Crippen molar-refractivity contribution in [3.8, 4) is 0 Å². The molecule has 1 aliphatic carbocycles. The number of carbonyl (C=O) groups is 1. The summed E-state index contributed by atoms with van der Waals surface area (Å²) in [6, 6.07) is 6.21. The van der Waals surface area contributed by atoms with Gasteiger partial charge < -0.3 is 15.5 Å². The molecule has 2 heterocycles. The Kier molecular flexibility index (Phi) is 2.74. The number of fused-ring (bicyclic) bond motifs is 2. The van der Waals surface area contributed by atoms with Crippen LogP contribution >= 0.6 is 0 Å².